The first kappa shape index (κ1) is 15.2. The molecular formula is C17H15ClN4O. The van der Waals surface area contributed by atoms with E-state index in [0.717, 1.165) is 22.7 Å². The molecule has 5 nitrogen and oxygen atoms in total. The van der Waals surface area contributed by atoms with Crippen LogP contribution in [0.3, 0.4) is 0 Å². The number of anilines is 2. The van der Waals surface area contributed by atoms with Crippen LogP contribution in [0.25, 0.3) is 0 Å². The van der Waals surface area contributed by atoms with Crippen molar-refractivity contribution in [2.24, 2.45) is 0 Å². The summed E-state index contributed by atoms with van der Waals surface area (Å²) in [7, 11) is 0. The molecule has 1 N–H and O–H groups in total. The van der Waals surface area contributed by atoms with Crippen LogP contribution in [-0.2, 0) is 6.61 Å². The lowest BCUT2D eigenvalue weighted by Gasteiger charge is -2.10. The molecule has 23 heavy (non-hydrogen) atoms. The third-order valence-electron chi connectivity index (χ3n) is 3.17. The molecule has 0 amide bonds. The largest absolute Gasteiger partial charge is 0.487 e. The van der Waals surface area contributed by atoms with E-state index >= 15 is 0 Å². The minimum absolute atomic E-state index is 0.216. The lowest BCUT2D eigenvalue weighted by atomic mass is 10.3. The van der Waals surface area contributed by atoms with Gasteiger partial charge in [-0.25, -0.2) is 9.97 Å². The standard InChI is InChI=1S/C17H15ClN4O/c1-12-10-20-17(18)22-16(12)21-13-5-7-15(8-6-13)23-11-14-4-2-3-9-19-14/h2-10H,11H2,1H3,(H,20,21,22). The molecule has 0 fully saturated rings. The minimum Gasteiger partial charge on any atom is -0.487 e. The van der Waals surface area contributed by atoms with Gasteiger partial charge < -0.3 is 10.1 Å². The second kappa shape index (κ2) is 7.07. The number of rotatable bonds is 5. The van der Waals surface area contributed by atoms with Crippen molar-refractivity contribution in [1.82, 2.24) is 15.0 Å². The van der Waals surface area contributed by atoms with Crippen molar-refractivity contribution in [3.63, 3.8) is 0 Å². The van der Waals surface area contributed by atoms with Gasteiger partial charge in [0.15, 0.2) is 0 Å². The molecule has 6 heteroatoms. The summed E-state index contributed by atoms with van der Waals surface area (Å²) in [5, 5.41) is 3.43. The number of aryl methyl sites for hydroxylation is 1. The van der Waals surface area contributed by atoms with Crippen molar-refractivity contribution >= 4 is 23.1 Å². The van der Waals surface area contributed by atoms with Crippen LogP contribution in [0.15, 0.2) is 54.9 Å². The molecule has 0 unspecified atom stereocenters. The van der Waals surface area contributed by atoms with Gasteiger partial charge in [0.1, 0.15) is 18.2 Å². The predicted molar refractivity (Wildman–Crippen MR) is 90.1 cm³/mol. The Hall–Kier alpha value is -2.66. The average Bonchev–Trinajstić information content (AvgIpc) is 2.58. The third kappa shape index (κ3) is 4.17. The van der Waals surface area contributed by atoms with Crippen LogP contribution in [0.1, 0.15) is 11.3 Å². The zero-order valence-electron chi connectivity index (χ0n) is 12.5. The van der Waals surface area contributed by atoms with E-state index in [1.807, 2.05) is 49.4 Å². The van der Waals surface area contributed by atoms with E-state index in [1.165, 1.54) is 0 Å². The highest BCUT2D eigenvalue weighted by Crippen LogP contribution is 2.22. The summed E-state index contributed by atoms with van der Waals surface area (Å²) in [5.74, 6) is 1.46. The Kier molecular flexibility index (Phi) is 4.68. The minimum atomic E-state index is 0.216. The van der Waals surface area contributed by atoms with E-state index in [9.17, 15) is 0 Å². The number of ether oxygens (including phenoxy) is 1. The zero-order valence-corrected chi connectivity index (χ0v) is 13.3. The molecule has 3 aromatic rings. The number of nitrogens with one attached hydrogen (secondary N) is 1. The highest BCUT2D eigenvalue weighted by atomic mass is 35.5. The van der Waals surface area contributed by atoms with Gasteiger partial charge in [0.05, 0.1) is 5.69 Å². The molecule has 0 aliphatic heterocycles. The molecule has 0 saturated heterocycles. The van der Waals surface area contributed by atoms with Gasteiger partial charge in [0.25, 0.3) is 0 Å². The smallest absolute Gasteiger partial charge is 0.224 e. The second-order valence-corrected chi connectivity index (χ2v) is 5.27. The molecule has 2 heterocycles. The molecule has 3 rings (SSSR count). The fourth-order valence-corrected chi connectivity index (χ4v) is 2.09. The first-order valence-corrected chi connectivity index (χ1v) is 7.47. The van der Waals surface area contributed by atoms with E-state index in [-0.39, 0.29) is 5.28 Å². The van der Waals surface area contributed by atoms with Crippen molar-refractivity contribution < 1.29 is 4.74 Å². The van der Waals surface area contributed by atoms with Crippen molar-refractivity contribution in [3.8, 4) is 5.75 Å². The quantitative estimate of drug-likeness (QED) is 0.713. The number of benzene rings is 1. The lowest BCUT2D eigenvalue weighted by molar-refractivity contribution is 0.301. The van der Waals surface area contributed by atoms with Crippen molar-refractivity contribution in [3.05, 3.63) is 71.4 Å². The summed E-state index contributed by atoms with van der Waals surface area (Å²) in [4.78, 5) is 12.3. The molecule has 0 aliphatic rings. The van der Waals surface area contributed by atoms with Gasteiger partial charge in [-0.05, 0) is 54.9 Å². The van der Waals surface area contributed by atoms with Crippen molar-refractivity contribution in [2.45, 2.75) is 13.5 Å². The van der Waals surface area contributed by atoms with Crippen molar-refractivity contribution in [1.29, 1.82) is 0 Å². The third-order valence-corrected chi connectivity index (χ3v) is 3.35. The molecular weight excluding hydrogens is 312 g/mol. The number of nitrogens with zero attached hydrogens (tertiary/aromatic N) is 3. The summed E-state index contributed by atoms with van der Waals surface area (Å²) in [6, 6.07) is 13.4. The van der Waals surface area contributed by atoms with Gasteiger partial charge in [-0.1, -0.05) is 6.07 Å². The topological polar surface area (TPSA) is 59.9 Å². The lowest BCUT2D eigenvalue weighted by Crippen LogP contribution is -1.99. The summed E-state index contributed by atoms with van der Waals surface area (Å²) in [5.41, 5.74) is 2.71. The molecule has 1 aromatic carbocycles. The number of pyridine rings is 1. The summed E-state index contributed by atoms with van der Waals surface area (Å²) in [6.45, 7) is 2.36. The molecule has 0 bridgehead atoms. The molecule has 116 valence electrons. The van der Waals surface area contributed by atoms with Gasteiger partial charge in [-0.15, -0.1) is 0 Å². The van der Waals surface area contributed by atoms with Crippen LogP contribution in [0.4, 0.5) is 11.5 Å². The molecule has 0 spiro atoms. The maximum absolute atomic E-state index is 5.82. The fraction of sp³-hybridized carbons (Fsp3) is 0.118. The maximum Gasteiger partial charge on any atom is 0.224 e. The first-order valence-electron chi connectivity index (χ1n) is 7.09. The van der Waals surface area contributed by atoms with Crippen LogP contribution < -0.4 is 10.1 Å². The van der Waals surface area contributed by atoms with Crippen LogP contribution in [-0.4, -0.2) is 15.0 Å². The van der Waals surface area contributed by atoms with Crippen LogP contribution in [0, 0.1) is 6.92 Å². The van der Waals surface area contributed by atoms with E-state index in [2.05, 4.69) is 20.3 Å². The Labute approximate surface area is 139 Å². The maximum atomic E-state index is 5.82. The predicted octanol–water partition coefficient (Wildman–Crippen LogP) is 4.16. The van der Waals surface area contributed by atoms with Crippen LogP contribution in [0.5, 0.6) is 5.75 Å². The second-order valence-electron chi connectivity index (χ2n) is 4.93. The van der Waals surface area contributed by atoms with Crippen molar-refractivity contribution in [2.75, 3.05) is 5.32 Å². The SMILES string of the molecule is Cc1cnc(Cl)nc1Nc1ccc(OCc2ccccn2)cc1. The Morgan fingerprint density at radius 3 is 2.65 bits per heavy atom. The molecule has 0 aliphatic carbocycles. The Morgan fingerprint density at radius 2 is 1.91 bits per heavy atom. The summed E-state index contributed by atoms with van der Waals surface area (Å²) in [6.07, 6.45) is 3.43. The van der Waals surface area contributed by atoms with Gasteiger partial charge in [-0.3, -0.25) is 4.98 Å². The van der Waals surface area contributed by atoms with E-state index in [0.29, 0.717) is 12.4 Å². The molecule has 0 radical (unpaired) electrons. The average molecular weight is 327 g/mol. The van der Waals surface area contributed by atoms with Crippen LogP contribution in [0.2, 0.25) is 5.28 Å². The number of aromatic nitrogens is 3. The molecule has 2 aromatic heterocycles. The Morgan fingerprint density at radius 1 is 1.09 bits per heavy atom. The Balaban J connectivity index is 1.64. The molecule has 0 atom stereocenters. The molecule has 0 saturated carbocycles. The van der Waals surface area contributed by atoms with Gasteiger partial charge in [0.2, 0.25) is 5.28 Å². The first-order chi connectivity index (χ1) is 11.2. The number of hydrogen-bond donors (Lipinski definition) is 1. The highest BCUT2D eigenvalue weighted by molar-refractivity contribution is 6.28. The number of halogens is 1. The van der Waals surface area contributed by atoms with Gasteiger partial charge >= 0.3 is 0 Å². The number of hydrogen-bond acceptors (Lipinski definition) is 5. The summed E-state index contributed by atoms with van der Waals surface area (Å²) < 4.78 is 5.70. The Bertz CT molecular complexity index is 778. The summed E-state index contributed by atoms with van der Waals surface area (Å²) >= 11 is 5.82. The van der Waals surface area contributed by atoms with Gasteiger partial charge in [0, 0.05) is 23.6 Å². The van der Waals surface area contributed by atoms with Gasteiger partial charge in [-0.2, -0.15) is 0 Å². The van der Waals surface area contributed by atoms with E-state index in [1.54, 1.807) is 12.4 Å². The monoisotopic (exact) mass is 326 g/mol. The zero-order chi connectivity index (χ0) is 16.1. The fourth-order valence-electron chi connectivity index (χ4n) is 1.96. The van der Waals surface area contributed by atoms with Crippen LogP contribution >= 0.6 is 11.6 Å². The van der Waals surface area contributed by atoms with E-state index < -0.39 is 0 Å². The van der Waals surface area contributed by atoms with E-state index in [4.69, 9.17) is 16.3 Å². The highest BCUT2D eigenvalue weighted by Gasteiger charge is 2.03. The normalized spacial score (nSPS) is 10.3.